The summed E-state index contributed by atoms with van der Waals surface area (Å²) in [6.07, 6.45) is 0. The van der Waals surface area contributed by atoms with Gasteiger partial charge in [0, 0.05) is 9.86 Å². The lowest BCUT2D eigenvalue weighted by atomic mass is 10.2. The molecule has 0 N–H and O–H groups in total. The molecule has 1 aromatic carbocycles. The molecule has 0 aliphatic heterocycles. The van der Waals surface area contributed by atoms with E-state index in [1.54, 1.807) is 0 Å². The van der Waals surface area contributed by atoms with Gasteiger partial charge in [-0.2, -0.15) is 0 Å². The van der Waals surface area contributed by atoms with Crippen LogP contribution in [0.3, 0.4) is 0 Å². The molecule has 0 aliphatic rings. The summed E-state index contributed by atoms with van der Waals surface area (Å²) in [6.45, 7) is 2.37. The van der Waals surface area contributed by atoms with Gasteiger partial charge < -0.3 is 4.74 Å². The van der Waals surface area contributed by atoms with Crippen LogP contribution in [0.15, 0.2) is 22.7 Å². The molecule has 0 saturated heterocycles. The zero-order chi connectivity index (χ0) is 11.7. The number of benzene rings is 1. The van der Waals surface area contributed by atoms with Crippen molar-refractivity contribution in [3.63, 3.8) is 0 Å². The second-order valence-corrected chi connectivity index (χ2v) is 4.79. The van der Waals surface area contributed by atoms with Gasteiger partial charge in [0.05, 0.1) is 17.1 Å². The third-order valence-electron chi connectivity index (χ3n) is 2.09. The quantitative estimate of drug-likeness (QED) is 0.748. The topological polar surface area (TPSA) is 22.1 Å². The molecule has 0 unspecified atom stereocenters. The Morgan fingerprint density at radius 1 is 1.38 bits per heavy atom. The highest BCUT2D eigenvalue weighted by Gasteiger charge is 2.13. The van der Waals surface area contributed by atoms with Gasteiger partial charge in [-0.15, -0.1) is 0 Å². The van der Waals surface area contributed by atoms with Crippen LogP contribution in [-0.2, 0) is 0 Å². The first-order chi connectivity index (χ1) is 7.63. The van der Waals surface area contributed by atoms with Crippen LogP contribution in [0.1, 0.15) is 6.92 Å². The third kappa shape index (κ3) is 2.12. The molecule has 0 bridgehead atoms. The number of halogens is 3. The molecule has 1 heterocycles. The van der Waals surface area contributed by atoms with E-state index in [9.17, 15) is 0 Å². The maximum absolute atomic E-state index is 6.23. The number of hydrogen-bond acceptors (Lipinski definition) is 2. The van der Waals surface area contributed by atoms with Crippen LogP contribution in [0.4, 0.5) is 0 Å². The van der Waals surface area contributed by atoms with Gasteiger partial charge in [0.25, 0.3) is 0 Å². The molecule has 2 nitrogen and oxygen atoms in total. The SMILES string of the molecule is CCOc1c(Cl)nc2ccc(Br)cc2c1Cl. The number of ether oxygens (including phenoxy) is 1. The lowest BCUT2D eigenvalue weighted by Crippen LogP contribution is -1.95. The van der Waals surface area contributed by atoms with Crippen molar-refractivity contribution in [1.29, 1.82) is 0 Å². The Kier molecular flexibility index (Phi) is 3.57. The smallest absolute Gasteiger partial charge is 0.175 e. The van der Waals surface area contributed by atoms with E-state index in [0.717, 1.165) is 15.4 Å². The summed E-state index contributed by atoms with van der Waals surface area (Å²) < 4.78 is 6.31. The molecule has 0 fully saturated rings. The lowest BCUT2D eigenvalue weighted by Gasteiger charge is -2.09. The molecule has 2 rings (SSSR count). The number of fused-ring (bicyclic) bond motifs is 1. The minimum atomic E-state index is 0.293. The van der Waals surface area contributed by atoms with Crippen LogP contribution in [0.5, 0.6) is 5.75 Å². The molecule has 0 radical (unpaired) electrons. The van der Waals surface area contributed by atoms with Crippen LogP contribution in [0, 0.1) is 0 Å². The summed E-state index contributed by atoms with van der Waals surface area (Å²) in [6, 6.07) is 5.64. The summed E-state index contributed by atoms with van der Waals surface area (Å²) in [5.41, 5.74) is 0.752. The van der Waals surface area contributed by atoms with Gasteiger partial charge in [-0.3, -0.25) is 0 Å². The van der Waals surface area contributed by atoms with Crippen molar-refractivity contribution in [2.45, 2.75) is 6.92 Å². The average Bonchev–Trinajstić information content (AvgIpc) is 2.26. The highest BCUT2D eigenvalue weighted by molar-refractivity contribution is 9.10. The normalized spacial score (nSPS) is 10.8. The Balaban J connectivity index is 2.74. The van der Waals surface area contributed by atoms with Gasteiger partial charge in [0.15, 0.2) is 10.9 Å². The fourth-order valence-electron chi connectivity index (χ4n) is 1.42. The van der Waals surface area contributed by atoms with E-state index in [2.05, 4.69) is 20.9 Å². The predicted octanol–water partition coefficient (Wildman–Crippen LogP) is 4.70. The van der Waals surface area contributed by atoms with E-state index < -0.39 is 0 Å². The third-order valence-corrected chi connectivity index (χ3v) is 3.21. The van der Waals surface area contributed by atoms with E-state index in [1.165, 1.54) is 0 Å². The molecule has 2 aromatic rings. The maximum atomic E-state index is 6.23. The summed E-state index contributed by atoms with van der Waals surface area (Å²) in [5.74, 6) is 0.441. The molecule has 0 saturated carbocycles. The first kappa shape index (κ1) is 12.0. The van der Waals surface area contributed by atoms with Gasteiger partial charge in [-0.25, -0.2) is 4.98 Å². The van der Waals surface area contributed by atoms with Crippen LogP contribution >= 0.6 is 39.1 Å². The largest absolute Gasteiger partial charge is 0.489 e. The molecule has 16 heavy (non-hydrogen) atoms. The van der Waals surface area contributed by atoms with Gasteiger partial charge in [0.1, 0.15) is 0 Å². The van der Waals surface area contributed by atoms with Crippen molar-refractivity contribution < 1.29 is 4.74 Å². The zero-order valence-electron chi connectivity index (χ0n) is 8.43. The van der Waals surface area contributed by atoms with E-state index in [4.69, 9.17) is 27.9 Å². The number of hydrogen-bond donors (Lipinski definition) is 0. The molecular weight excluding hydrogens is 313 g/mol. The fraction of sp³-hybridized carbons (Fsp3) is 0.182. The van der Waals surface area contributed by atoms with E-state index >= 15 is 0 Å². The van der Waals surface area contributed by atoms with Gasteiger partial charge >= 0.3 is 0 Å². The number of pyridine rings is 1. The minimum absolute atomic E-state index is 0.293. The van der Waals surface area contributed by atoms with Crippen LogP contribution in [0.2, 0.25) is 10.2 Å². The van der Waals surface area contributed by atoms with Crippen molar-refractivity contribution in [2.24, 2.45) is 0 Å². The fourth-order valence-corrected chi connectivity index (χ4v) is 2.36. The van der Waals surface area contributed by atoms with Gasteiger partial charge in [-0.05, 0) is 25.1 Å². The van der Waals surface area contributed by atoms with Crippen molar-refractivity contribution in [1.82, 2.24) is 4.98 Å². The molecule has 0 amide bonds. The molecule has 0 aliphatic carbocycles. The van der Waals surface area contributed by atoms with Crippen LogP contribution < -0.4 is 4.74 Å². The van der Waals surface area contributed by atoms with Crippen molar-refractivity contribution in [3.8, 4) is 5.75 Å². The lowest BCUT2D eigenvalue weighted by molar-refractivity contribution is 0.340. The number of aromatic nitrogens is 1. The zero-order valence-corrected chi connectivity index (χ0v) is 11.5. The van der Waals surface area contributed by atoms with E-state index in [-0.39, 0.29) is 0 Å². The molecule has 0 spiro atoms. The van der Waals surface area contributed by atoms with Crippen LogP contribution in [-0.4, -0.2) is 11.6 Å². The number of nitrogens with zero attached hydrogens (tertiary/aromatic N) is 1. The standard InChI is InChI=1S/C11H8BrCl2NO/c1-2-16-10-9(13)7-5-6(12)3-4-8(7)15-11(10)14/h3-5H,2H2,1H3. The highest BCUT2D eigenvalue weighted by Crippen LogP contribution is 2.37. The predicted molar refractivity (Wildman–Crippen MR) is 70.6 cm³/mol. The van der Waals surface area contributed by atoms with E-state index in [0.29, 0.717) is 22.5 Å². The second kappa shape index (κ2) is 4.78. The first-order valence-electron chi connectivity index (χ1n) is 4.70. The van der Waals surface area contributed by atoms with Gasteiger partial charge in [0.2, 0.25) is 0 Å². The summed E-state index contributed by atoms with van der Waals surface area (Å²) in [5, 5.41) is 1.61. The van der Waals surface area contributed by atoms with Crippen molar-refractivity contribution in [3.05, 3.63) is 32.8 Å². The molecular formula is C11H8BrCl2NO. The first-order valence-corrected chi connectivity index (χ1v) is 6.25. The Bertz CT molecular complexity index is 545. The van der Waals surface area contributed by atoms with E-state index in [1.807, 2.05) is 25.1 Å². The monoisotopic (exact) mass is 319 g/mol. The minimum Gasteiger partial charge on any atom is -0.489 e. The Morgan fingerprint density at radius 3 is 2.81 bits per heavy atom. The van der Waals surface area contributed by atoms with Crippen molar-refractivity contribution >= 4 is 50.0 Å². The number of rotatable bonds is 2. The molecule has 5 heteroatoms. The molecule has 0 atom stereocenters. The Hall–Kier alpha value is -0.510. The molecule has 84 valence electrons. The summed E-state index contributed by atoms with van der Waals surface area (Å²) in [4.78, 5) is 4.23. The highest BCUT2D eigenvalue weighted by atomic mass is 79.9. The summed E-state index contributed by atoms with van der Waals surface area (Å²) >= 11 is 15.6. The Labute approximate surface area is 112 Å². The van der Waals surface area contributed by atoms with Gasteiger partial charge in [-0.1, -0.05) is 39.1 Å². The Morgan fingerprint density at radius 2 is 2.12 bits per heavy atom. The second-order valence-electron chi connectivity index (χ2n) is 3.14. The maximum Gasteiger partial charge on any atom is 0.175 e. The average molecular weight is 321 g/mol. The summed E-state index contributed by atoms with van der Waals surface area (Å²) in [7, 11) is 0. The van der Waals surface area contributed by atoms with Crippen molar-refractivity contribution in [2.75, 3.05) is 6.61 Å². The van der Waals surface area contributed by atoms with Crippen LogP contribution in [0.25, 0.3) is 10.9 Å². The molecule has 1 aromatic heterocycles.